The normalized spacial score (nSPS) is 9.93. The summed E-state index contributed by atoms with van der Waals surface area (Å²) in [6.07, 6.45) is 1.06. The molecule has 0 spiro atoms. The van der Waals surface area contributed by atoms with Crippen LogP contribution in [0.25, 0.3) is 0 Å². The highest BCUT2D eigenvalue weighted by Crippen LogP contribution is 2.30. The molecular formula is C11H17NO2. The Morgan fingerprint density at radius 3 is 2.64 bits per heavy atom. The van der Waals surface area contributed by atoms with Crippen LogP contribution in [0.2, 0.25) is 0 Å². The summed E-state index contributed by atoms with van der Waals surface area (Å²) in [5.41, 5.74) is 0.840. The van der Waals surface area contributed by atoms with Crippen LogP contribution in [-0.2, 0) is 0 Å². The van der Waals surface area contributed by atoms with E-state index in [0.717, 1.165) is 18.7 Å². The van der Waals surface area contributed by atoms with Gasteiger partial charge in [0, 0.05) is 19.7 Å². The van der Waals surface area contributed by atoms with Crippen LogP contribution in [0, 0.1) is 0 Å². The van der Waals surface area contributed by atoms with Gasteiger partial charge in [0.25, 0.3) is 0 Å². The molecule has 0 aromatic heterocycles. The van der Waals surface area contributed by atoms with Crippen molar-refractivity contribution in [1.82, 2.24) is 0 Å². The molecule has 0 aliphatic rings. The predicted molar refractivity (Wildman–Crippen MR) is 58.2 cm³/mol. The summed E-state index contributed by atoms with van der Waals surface area (Å²) in [5.74, 6) is 0.941. The quantitative estimate of drug-likeness (QED) is 0.799. The zero-order chi connectivity index (χ0) is 10.6. The van der Waals surface area contributed by atoms with Gasteiger partial charge in [0.05, 0.1) is 12.8 Å². The van der Waals surface area contributed by atoms with Crippen LogP contribution in [0.15, 0.2) is 18.2 Å². The van der Waals surface area contributed by atoms with Crippen LogP contribution in [0.1, 0.15) is 13.3 Å². The Kier molecular flexibility index (Phi) is 3.63. The van der Waals surface area contributed by atoms with Gasteiger partial charge < -0.3 is 14.7 Å². The Morgan fingerprint density at radius 1 is 1.43 bits per heavy atom. The smallest absolute Gasteiger partial charge is 0.142 e. The van der Waals surface area contributed by atoms with E-state index in [1.54, 1.807) is 13.2 Å². The van der Waals surface area contributed by atoms with E-state index < -0.39 is 0 Å². The Hall–Kier alpha value is -1.38. The average Bonchev–Trinajstić information content (AvgIpc) is 2.17. The molecular weight excluding hydrogens is 178 g/mol. The molecule has 0 saturated carbocycles. The highest BCUT2D eigenvalue weighted by Gasteiger charge is 2.06. The third-order valence-corrected chi connectivity index (χ3v) is 2.15. The maximum Gasteiger partial charge on any atom is 0.142 e. The highest BCUT2D eigenvalue weighted by atomic mass is 16.5. The number of aromatic hydroxyl groups is 1. The summed E-state index contributed by atoms with van der Waals surface area (Å²) in [7, 11) is 3.55. The predicted octanol–water partition coefficient (Wildman–Crippen LogP) is 2.25. The van der Waals surface area contributed by atoms with Crippen molar-refractivity contribution in [3.63, 3.8) is 0 Å². The topological polar surface area (TPSA) is 32.7 Å². The van der Waals surface area contributed by atoms with Gasteiger partial charge >= 0.3 is 0 Å². The molecule has 1 aromatic rings. The zero-order valence-corrected chi connectivity index (χ0v) is 8.95. The number of methoxy groups -OCH3 is 1. The van der Waals surface area contributed by atoms with Gasteiger partial charge in [-0.1, -0.05) is 6.92 Å². The molecule has 0 fully saturated rings. The molecule has 0 heterocycles. The number of nitrogens with zero attached hydrogens (tertiary/aromatic N) is 1. The molecule has 0 atom stereocenters. The molecule has 14 heavy (non-hydrogen) atoms. The fourth-order valence-corrected chi connectivity index (χ4v) is 1.41. The third-order valence-electron chi connectivity index (χ3n) is 2.15. The molecule has 3 heteroatoms. The first-order valence-electron chi connectivity index (χ1n) is 4.77. The fourth-order valence-electron chi connectivity index (χ4n) is 1.41. The van der Waals surface area contributed by atoms with Crippen LogP contribution in [0.4, 0.5) is 5.69 Å². The Bertz CT molecular complexity index is 299. The molecule has 3 nitrogen and oxygen atoms in total. The zero-order valence-electron chi connectivity index (χ0n) is 8.95. The van der Waals surface area contributed by atoms with Gasteiger partial charge in [-0.3, -0.25) is 0 Å². The van der Waals surface area contributed by atoms with E-state index in [9.17, 15) is 5.11 Å². The molecule has 1 N–H and O–H groups in total. The summed E-state index contributed by atoms with van der Waals surface area (Å²) in [6.45, 7) is 3.04. The molecule has 0 amide bonds. The van der Waals surface area contributed by atoms with E-state index in [0.29, 0.717) is 5.75 Å². The van der Waals surface area contributed by atoms with Crippen molar-refractivity contribution in [2.45, 2.75) is 13.3 Å². The second kappa shape index (κ2) is 4.74. The van der Waals surface area contributed by atoms with Crippen LogP contribution < -0.4 is 9.64 Å². The summed E-state index contributed by atoms with van der Waals surface area (Å²) in [6, 6.07) is 5.34. The van der Waals surface area contributed by atoms with E-state index in [1.807, 2.05) is 24.1 Å². The van der Waals surface area contributed by atoms with Crippen LogP contribution in [0.3, 0.4) is 0 Å². The molecule has 0 aliphatic heterocycles. The van der Waals surface area contributed by atoms with Crippen molar-refractivity contribution >= 4 is 5.69 Å². The Morgan fingerprint density at radius 2 is 2.14 bits per heavy atom. The number of anilines is 1. The van der Waals surface area contributed by atoms with Gasteiger partial charge in [0.1, 0.15) is 11.5 Å². The molecule has 0 bridgehead atoms. The third kappa shape index (κ3) is 2.31. The van der Waals surface area contributed by atoms with Crippen molar-refractivity contribution < 1.29 is 9.84 Å². The standard InChI is InChI=1S/C11H17NO2/c1-4-7-12(2)10-6-5-9(14-3)8-11(10)13/h5-6,8,13H,4,7H2,1-3H3. The molecule has 1 rings (SSSR count). The van der Waals surface area contributed by atoms with Crippen LogP contribution >= 0.6 is 0 Å². The Labute approximate surface area is 84.9 Å². The summed E-state index contributed by atoms with van der Waals surface area (Å²) in [4.78, 5) is 2.02. The summed E-state index contributed by atoms with van der Waals surface area (Å²) >= 11 is 0. The number of phenols is 1. The first-order chi connectivity index (χ1) is 6.69. The van der Waals surface area contributed by atoms with Crippen molar-refractivity contribution in [3.8, 4) is 11.5 Å². The van der Waals surface area contributed by atoms with Crippen LogP contribution in [-0.4, -0.2) is 25.8 Å². The second-order valence-corrected chi connectivity index (χ2v) is 3.28. The van der Waals surface area contributed by atoms with E-state index in [2.05, 4.69) is 6.92 Å². The van der Waals surface area contributed by atoms with Gasteiger partial charge in [-0.15, -0.1) is 0 Å². The number of ether oxygens (including phenoxy) is 1. The first kappa shape index (κ1) is 10.7. The lowest BCUT2D eigenvalue weighted by molar-refractivity contribution is 0.407. The first-order valence-corrected chi connectivity index (χ1v) is 4.77. The molecule has 0 unspecified atom stereocenters. The second-order valence-electron chi connectivity index (χ2n) is 3.28. The molecule has 0 aliphatic carbocycles. The maximum atomic E-state index is 9.70. The maximum absolute atomic E-state index is 9.70. The number of phenolic OH excluding ortho intramolecular Hbond substituents is 1. The van der Waals surface area contributed by atoms with Gasteiger partial charge in [-0.05, 0) is 18.6 Å². The van der Waals surface area contributed by atoms with Crippen LogP contribution in [0.5, 0.6) is 11.5 Å². The van der Waals surface area contributed by atoms with E-state index in [1.165, 1.54) is 0 Å². The minimum Gasteiger partial charge on any atom is -0.506 e. The van der Waals surface area contributed by atoms with Gasteiger partial charge in [0.2, 0.25) is 0 Å². The number of rotatable bonds is 4. The van der Waals surface area contributed by atoms with Gasteiger partial charge in [-0.25, -0.2) is 0 Å². The van der Waals surface area contributed by atoms with Crippen molar-refractivity contribution in [2.24, 2.45) is 0 Å². The van der Waals surface area contributed by atoms with Gasteiger partial charge in [-0.2, -0.15) is 0 Å². The van der Waals surface area contributed by atoms with Crippen molar-refractivity contribution in [1.29, 1.82) is 0 Å². The molecule has 78 valence electrons. The highest BCUT2D eigenvalue weighted by molar-refractivity contribution is 5.59. The van der Waals surface area contributed by atoms with Crippen molar-refractivity contribution in [2.75, 3.05) is 25.6 Å². The van der Waals surface area contributed by atoms with E-state index in [4.69, 9.17) is 4.74 Å². The fraction of sp³-hybridized carbons (Fsp3) is 0.455. The lowest BCUT2D eigenvalue weighted by Crippen LogP contribution is -2.17. The van der Waals surface area contributed by atoms with Gasteiger partial charge in [0.15, 0.2) is 0 Å². The number of hydrogen-bond acceptors (Lipinski definition) is 3. The minimum absolute atomic E-state index is 0.264. The van der Waals surface area contributed by atoms with E-state index >= 15 is 0 Å². The monoisotopic (exact) mass is 195 g/mol. The number of hydrogen-bond donors (Lipinski definition) is 1. The molecule has 1 aromatic carbocycles. The van der Waals surface area contributed by atoms with E-state index in [-0.39, 0.29) is 5.75 Å². The lowest BCUT2D eigenvalue weighted by atomic mass is 10.2. The van der Waals surface area contributed by atoms with Crippen molar-refractivity contribution in [3.05, 3.63) is 18.2 Å². The summed E-state index contributed by atoms with van der Waals surface area (Å²) in [5, 5.41) is 9.70. The Balaban J connectivity index is 2.88. The lowest BCUT2D eigenvalue weighted by Gasteiger charge is -2.19. The number of benzene rings is 1. The SMILES string of the molecule is CCCN(C)c1ccc(OC)cc1O. The largest absolute Gasteiger partial charge is 0.506 e. The summed E-state index contributed by atoms with van der Waals surface area (Å²) < 4.78 is 5.01. The molecule has 0 saturated heterocycles. The molecule has 0 radical (unpaired) electrons. The minimum atomic E-state index is 0.264. The average molecular weight is 195 g/mol.